The molecule has 0 amide bonds. The first-order valence-corrected chi connectivity index (χ1v) is 6.87. The van der Waals surface area contributed by atoms with E-state index in [4.69, 9.17) is 0 Å². The van der Waals surface area contributed by atoms with Crippen LogP contribution in [-0.2, 0) is 0 Å². The molecule has 1 aromatic rings. The molecule has 2 nitrogen and oxygen atoms in total. The van der Waals surface area contributed by atoms with Gasteiger partial charge in [0.2, 0.25) is 0 Å². The fraction of sp³-hybridized carbons (Fsp3) is 0.286. The van der Waals surface area contributed by atoms with Crippen molar-refractivity contribution in [2.75, 3.05) is 6.61 Å². The highest BCUT2D eigenvalue weighted by Gasteiger charge is 2.28. The van der Waals surface area contributed by atoms with Gasteiger partial charge >= 0.3 is 6.18 Å². The molecule has 0 bridgehead atoms. The number of benzene rings is 1. The Kier molecular flexibility index (Phi) is 4.42. The predicted molar refractivity (Wildman–Crippen MR) is 75.6 cm³/mol. The molecular weight excluding hydrogens is 335 g/mol. The number of hydrogen-bond acceptors (Lipinski definition) is 2. The van der Waals surface area contributed by atoms with Crippen LogP contribution in [0.5, 0.6) is 5.75 Å². The third-order valence-corrected chi connectivity index (χ3v) is 3.70. The van der Waals surface area contributed by atoms with Crippen molar-refractivity contribution in [2.45, 2.75) is 17.4 Å². The zero-order valence-electron chi connectivity index (χ0n) is 10.5. The van der Waals surface area contributed by atoms with Crippen molar-refractivity contribution < 1.29 is 17.9 Å². The molecule has 6 heteroatoms. The lowest BCUT2D eigenvalue weighted by atomic mass is 10.1. The number of allylic oxidation sites excluding steroid dienone is 2. The van der Waals surface area contributed by atoms with Crippen molar-refractivity contribution in [3.05, 3.63) is 48.2 Å². The van der Waals surface area contributed by atoms with Crippen molar-refractivity contribution in [1.82, 2.24) is 5.32 Å². The minimum atomic E-state index is -4.32. The van der Waals surface area contributed by atoms with Gasteiger partial charge in [-0.25, -0.2) is 0 Å². The van der Waals surface area contributed by atoms with Crippen molar-refractivity contribution in [2.24, 2.45) is 0 Å². The van der Waals surface area contributed by atoms with Crippen LogP contribution in [0.3, 0.4) is 0 Å². The van der Waals surface area contributed by atoms with Crippen molar-refractivity contribution in [1.29, 1.82) is 0 Å². The van der Waals surface area contributed by atoms with Gasteiger partial charge in [0.05, 0.1) is 4.83 Å². The molecule has 1 aromatic carbocycles. The molecule has 0 saturated carbocycles. The van der Waals surface area contributed by atoms with Gasteiger partial charge in [0.25, 0.3) is 0 Å². The van der Waals surface area contributed by atoms with Crippen LogP contribution >= 0.6 is 15.9 Å². The van der Waals surface area contributed by atoms with Gasteiger partial charge < -0.3 is 10.1 Å². The second-order valence-corrected chi connectivity index (χ2v) is 5.50. The topological polar surface area (TPSA) is 21.3 Å². The van der Waals surface area contributed by atoms with E-state index in [1.807, 2.05) is 6.08 Å². The first-order chi connectivity index (χ1) is 9.35. The van der Waals surface area contributed by atoms with Crippen LogP contribution in [0.15, 0.2) is 42.6 Å². The monoisotopic (exact) mass is 347 g/mol. The van der Waals surface area contributed by atoms with Gasteiger partial charge in [0, 0.05) is 11.4 Å². The van der Waals surface area contributed by atoms with Crippen LogP contribution in [0.4, 0.5) is 13.2 Å². The maximum Gasteiger partial charge on any atom is 0.422 e. The normalized spacial score (nSPS) is 19.3. The molecule has 1 N–H and O–H groups in total. The van der Waals surface area contributed by atoms with Crippen LogP contribution in [0, 0.1) is 0 Å². The summed E-state index contributed by atoms with van der Waals surface area (Å²) in [5.41, 5.74) is 2.64. The van der Waals surface area contributed by atoms with E-state index in [2.05, 4.69) is 32.6 Å². The van der Waals surface area contributed by atoms with Crippen LogP contribution in [0.25, 0.3) is 5.70 Å². The number of nitrogens with one attached hydrogen (secondary N) is 1. The lowest BCUT2D eigenvalue weighted by Crippen LogP contribution is -2.22. The first kappa shape index (κ1) is 15.0. The molecule has 1 unspecified atom stereocenters. The SMILES string of the molecule is C=C1NC(c2ccc(OCC(F)(F)F)cc2)=CCC1Br. The molecule has 20 heavy (non-hydrogen) atoms. The summed E-state index contributed by atoms with van der Waals surface area (Å²) in [6.45, 7) is 2.61. The second-order valence-electron chi connectivity index (χ2n) is 4.40. The van der Waals surface area contributed by atoms with E-state index >= 15 is 0 Å². The number of alkyl halides is 4. The van der Waals surface area contributed by atoms with Gasteiger partial charge in [0.1, 0.15) is 5.75 Å². The zero-order valence-corrected chi connectivity index (χ0v) is 12.1. The summed E-state index contributed by atoms with van der Waals surface area (Å²) in [6.07, 6.45) is -1.50. The van der Waals surface area contributed by atoms with E-state index < -0.39 is 12.8 Å². The molecule has 108 valence electrons. The van der Waals surface area contributed by atoms with E-state index in [1.165, 1.54) is 12.1 Å². The molecular formula is C14H13BrF3NO. The molecule has 0 fully saturated rings. The number of ether oxygens (including phenoxy) is 1. The molecule has 1 atom stereocenters. The maximum atomic E-state index is 12.0. The third-order valence-electron chi connectivity index (χ3n) is 2.77. The van der Waals surface area contributed by atoms with E-state index in [1.54, 1.807) is 12.1 Å². The van der Waals surface area contributed by atoms with Crippen molar-refractivity contribution in [3.63, 3.8) is 0 Å². The summed E-state index contributed by atoms with van der Waals surface area (Å²) >= 11 is 3.47. The lowest BCUT2D eigenvalue weighted by molar-refractivity contribution is -0.153. The largest absolute Gasteiger partial charge is 0.484 e. The maximum absolute atomic E-state index is 12.0. The second kappa shape index (κ2) is 5.91. The Morgan fingerprint density at radius 1 is 1.30 bits per heavy atom. The van der Waals surface area contributed by atoms with Crippen LogP contribution in [-0.4, -0.2) is 17.6 Å². The number of halogens is 4. The van der Waals surface area contributed by atoms with E-state index in [9.17, 15) is 13.2 Å². The summed E-state index contributed by atoms with van der Waals surface area (Å²) in [5.74, 6) is 0.194. The van der Waals surface area contributed by atoms with Gasteiger partial charge in [-0.1, -0.05) is 28.6 Å². The van der Waals surface area contributed by atoms with Crippen molar-refractivity contribution in [3.8, 4) is 5.75 Å². The Labute approximate surface area is 123 Å². The Morgan fingerprint density at radius 3 is 2.50 bits per heavy atom. The average Bonchev–Trinajstić information content (AvgIpc) is 2.39. The van der Waals surface area contributed by atoms with E-state index in [0.717, 1.165) is 23.4 Å². The van der Waals surface area contributed by atoms with Crippen LogP contribution < -0.4 is 10.1 Å². The fourth-order valence-corrected chi connectivity index (χ4v) is 2.05. The number of hydrogen-bond donors (Lipinski definition) is 1. The summed E-state index contributed by atoms with van der Waals surface area (Å²) in [4.78, 5) is 0.195. The van der Waals surface area contributed by atoms with Gasteiger partial charge in [0.15, 0.2) is 6.61 Å². The van der Waals surface area contributed by atoms with Gasteiger partial charge in [-0.2, -0.15) is 13.2 Å². The predicted octanol–water partition coefficient (Wildman–Crippen LogP) is 4.24. The van der Waals surface area contributed by atoms with Crippen LogP contribution in [0.1, 0.15) is 12.0 Å². The third kappa shape index (κ3) is 4.03. The molecule has 0 aromatic heterocycles. The standard InChI is InChI=1S/C14H13BrF3NO/c1-9-12(15)6-7-13(19-9)10-2-4-11(5-3-10)20-8-14(16,17)18/h2-5,7,12,19H,1,6,8H2. The quantitative estimate of drug-likeness (QED) is 0.825. The minimum absolute atomic E-state index is 0.194. The molecule has 0 saturated heterocycles. The Bertz CT molecular complexity index is 522. The molecule has 1 aliphatic heterocycles. The van der Waals surface area contributed by atoms with Gasteiger partial charge in [-0.15, -0.1) is 0 Å². The van der Waals surface area contributed by atoms with Gasteiger partial charge in [-0.3, -0.25) is 0 Å². The Balaban J connectivity index is 2.03. The van der Waals surface area contributed by atoms with E-state index in [0.29, 0.717) is 0 Å². The summed E-state index contributed by atoms with van der Waals surface area (Å²) < 4.78 is 40.8. The minimum Gasteiger partial charge on any atom is -0.484 e. The first-order valence-electron chi connectivity index (χ1n) is 5.95. The Hall–Kier alpha value is -1.43. The molecule has 0 spiro atoms. The van der Waals surface area contributed by atoms with Crippen LogP contribution in [0.2, 0.25) is 0 Å². The van der Waals surface area contributed by atoms with Gasteiger partial charge in [-0.05, 0) is 36.2 Å². The lowest BCUT2D eigenvalue weighted by Gasteiger charge is -2.22. The highest BCUT2D eigenvalue weighted by atomic mass is 79.9. The molecule has 2 rings (SSSR count). The highest BCUT2D eigenvalue weighted by molar-refractivity contribution is 9.09. The molecule has 1 aliphatic rings. The summed E-state index contributed by atoms with van der Waals surface area (Å²) in [6, 6.07) is 6.47. The molecule has 0 aliphatic carbocycles. The Morgan fingerprint density at radius 2 is 1.95 bits per heavy atom. The summed E-state index contributed by atoms with van der Waals surface area (Å²) in [7, 11) is 0. The number of rotatable bonds is 3. The van der Waals surface area contributed by atoms with E-state index in [-0.39, 0.29) is 10.6 Å². The summed E-state index contributed by atoms with van der Waals surface area (Å²) in [5, 5.41) is 3.16. The zero-order chi connectivity index (χ0) is 14.8. The average molecular weight is 348 g/mol. The molecule has 1 heterocycles. The van der Waals surface area contributed by atoms with Crippen molar-refractivity contribution >= 4 is 21.6 Å². The molecule has 0 radical (unpaired) electrons. The fourth-order valence-electron chi connectivity index (χ4n) is 1.75. The smallest absolute Gasteiger partial charge is 0.422 e. The highest BCUT2D eigenvalue weighted by Crippen LogP contribution is 2.26.